The molecule has 0 aromatic carbocycles. The van der Waals surface area contributed by atoms with E-state index in [4.69, 9.17) is 0 Å². The van der Waals surface area contributed by atoms with E-state index in [9.17, 15) is 0 Å². The lowest BCUT2D eigenvalue weighted by Crippen LogP contribution is -1.84. The number of halogens is 1. The summed E-state index contributed by atoms with van der Waals surface area (Å²) < 4.78 is 1.26. The molecule has 0 saturated heterocycles. The zero-order chi connectivity index (χ0) is 13.8. The highest BCUT2D eigenvalue weighted by molar-refractivity contribution is 14.1. The molecule has 0 atom stereocenters. The SMILES string of the molecule is CCCCCCCCCCSSc1ncccc1I. The number of hydrogen-bond donors (Lipinski definition) is 0. The van der Waals surface area contributed by atoms with Gasteiger partial charge in [-0.2, -0.15) is 0 Å². The summed E-state index contributed by atoms with van der Waals surface area (Å²) in [6.45, 7) is 2.28. The van der Waals surface area contributed by atoms with Crippen molar-refractivity contribution in [2.75, 3.05) is 5.75 Å². The van der Waals surface area contributed by atoms with Crippen LogP contribution in [-0.4, -0.2) is 10.7 Å². The molecule has 0 spiro atoms. The lowest BCUT2D eigenvalue weighted by molar-refractivity contribution is 0.586. The minimum atomic E-state index is 1.16. The second kappa shape index (κ2) is 12.3. The molecular formula is C15H24INS2. The summed E-state index contributed by atoms with van der Waals surface area (Å²) in [6.07, 6.45) is 13.1. The van der Waals surface area contributed by atoms with E-state index in [1.165, 1.54) is 60.7 Å². The third-order valence-corrected chi connectivity index (χ3v) is 6.56. The van der Waals surface area contributed by atoms with Crippen molar-refractivity contribution in [3.05, 3.63) is 21.9 Å². The van der Waals surface area contributed by atoms with E-state index >= 15 is 0 Å². The average Bonchev–Trinajstić information content (AvgIpc) is 2.43. The van der Waals surface area contributed by atoms with Gasteiger partial charge in [-0.25, -0.2) is 4.98 Å². The van der Waals surface area contributed by atoms with Gasteiger partial charge in [0.05, 0.1) is 0 Å². The molecule has 0 fully saturated rings. The molecule has 0 radical (unpaired) electrons. The van der Waals surface area contributed by atoms with Gasteiger partial charge in [-0.3, -0.25) is 0 Å². The van der Waals surface area contributed by atoms with Gasteiger partial charge in [-0.15, -0.1) is 0 Å². The van der Waals surface area contributed by atoms with Gasteiger partial charge in [0, 0.05) is 15.5 Å². The fourth-order valence-corrected chi connectivity index (χ4v) is 5.06. The second-order valence-electron chi connectivity index (χ2n) is 4.67. The van der Waals surface area contributed by atoms with Gasteiger partial charge in [0.2, 0.25) is 0 Å². The molecule has 1 rings (SSSR count). The smallest absolute Gasteiger partial charge is 0.120 e. The van der Waals surface area contributed by atoms with E-state index in [0.717, 1.165) is 5.03 Å². The van der Waals surface area contributed by atoms with Crippen molar-refractivity contribution in [3.63, 3.8) is 0 Å². The standard InChI is InChI=1S/C15H24INS2/c1-2-3-4-5-6-7-8-9-13-18-19-15-14(16)11-10-12-17-15/h10-12H,2-9,13H2,1H3. The summed E-state index contributed by atoms with van der Waals surface area (Å²) in [6, 6.07) is 4.11. The van der Waals surface area contributed by atoms with Crippen LogP contribution in [0.5, 0.6) is 0 Å². The summed E-state index contributed by atoms with van der Waals surface area (Å²) in [4.78, 5) is 4.39. The van der Waals surface area contributed by atoms with Gasteiger partial charge >= 0.3 is 0 Å². The lowest BCUT2D eigenvalue weighted by atomic mass is 10.1. The highest BCUT2D eigenvalue weighted by Gasteiger charge is 2.01. The number of hydrogen-bond acceptors (Lipinski definition) is 3. The Morgan fingerprint density at radius 1 is 1.05 bits per heavy atom. The molecule has 0 saturated carbocycles. The molecule has 1 heterocycles. The summed E-state index contributed by atoms with van der Waals surface area (Å²) in [5.74, 6) is 1.24. The van der Waals surface area contributed by atoms with Gasteiger partial charge in [0.1, 0.15) is 5.03 Å². The van der Waals surface area contributed by atoms with E-state index in [0.29, 0.717) is 0 Å². The van der Waals surface area contributed by atoms with Gasteiger partial charge in [-0.05, 0) is 51.9 Å². The van der Waals surface area contributed by atoms with E-state index < -0.39 is 0 Å². The van der Waals surface area contributed by atoms with Crippen LogP contribution >= 0.6 is 44.2 Å². The van der Waals surface area contributed by atoms with E-state index in [1.54, 1.807) is 0 Å². The normalized spacial score (nSPS) is 10.8. The van der Waals surface area contributed by atoms with Crippen LogP contribution < -0.4 is 0 Å². The first-order valence-electron chi connectivity index (χ1n) is 7.24. The Labute approximate surface area is 139 Å². The summed E-state index contributed by atoms with van der Waals surface area (Å²) in [5, 5.41) is 1.16. The fraction of sp³-hybridized carbons (Fsp3) is 0.667. The second-order valence-corrected chi connectivity index (χ2v) is 8.24. The zero-order valence-electron chi connectivity index (χ0n) is 11.7. The van der Waals surface area contributed by atoms with Crippen LogP contribution in [0.1, 0.15) is 58.3 Å². The molecule has 0 bridgehead atoms. The van der Waals surface area contributed by atoms with Crippen LogP contribution in [0.3, 0.4) is 0 Å². The van der Waals surface area contributed by atoms with Crippen molar-refractivity contribution in [2.24, 2.45) is 0 Å². The molecule has 1 nitrogen and oxygen atoms in total. The van der Waals surface area contributed by atoms with Crippen LogP contribution in [0.2, 0.25) is 0 Å². The minimum absolute atomic E-state index is 1.16. The van der Waals surface area contributed by atoms with Crippen molar-refractivity contribution in [1.29, 1.82) is 0 Å². The average molecular weight is 409 g/mol. The zero-order valence-corrected chi connectivity index (χ0v) is 15.5. The summed E-state index contributed by atoms with van der Waals surface area (Å²) in [7, 11) is 3.76. The molecule has 0 aliphatic rings. The Morgan fingerprint density at radius 3 is 2.42 bits per heavy atom. The quantitative estimate of drug-likeness (QED) is 0.233. The van der Waals surface area contributed by atoms with Crippen LogP contribution in [0.4, 0.5) is 0 Å². The monoisotopic (exact) mass is 409 g/mol. The first kappa shape index (κ1) is 17.6. The number of rotatable bonds is 11. The first-order chi connectivity index (χ1) is 9.34. The molecule has 0 unspecified atom stereocenters. The Kier molecular flexibility index (Phi) is 11.4. The molecule has 0 amide bonds. The summed E-state index contributed by atoms with van der Waals surface area (Å²) >= 11 is 2.35. The fourth-order valence-electron chi connectivity index (χ4n) is 1.82. The van der Waals surface area contributed by atoms with Gasteiger partial charge in [0.15, 0.2) is 0 Å². The third-order valence-electron chi connectivity index (χ3n) is 2.94. The molecule has 0 aliphatic heterocycles. The van der Waals surface area contributed by atoms with E-state index in [-0.39, 0.29) is 0 Å². The van der Waals surface area contributed by atoms with Crippen LogP contribution in [0.25, 0.3) is 0 Å². The van der Waals surface area contributed by atoms with Gasteiger partial charge in [0.25, 0.3) is 0 Å². The number of aromatic nitrogens is 1. The highest BCUT2D eigenvalue weighted by atomic mass is 127. The highest BCUT2D eigenvalue weighted by Crippen LogP contribution is 2.33. The molecule has 0 aliphatic carbocycles. The van der Waals surface area contributed by atoms with Crippen molar-refractivity contribution < 1.29 is 0 Å². The van der Waals surface area contributed by atoms with Crippen LogP contribution in [0, 0.1) is 3.57 Å². The minimum Gasteiger partial charge on any atom is -0.248 e. The summed E-state index contributed by atoms with van der Waals surface area (Å²) in [5.41, 5.74) is 0. The van der Waals surface area contributed by atoms with Crippen molar-refractivity contribution >= 4 is 44.2 Å². The molecule has 19 heavy (non-hydrogen) atoms. The van der Waals surface area contributed by atoms with Gasteiger partial charge in [-0.1, -0.05) is 62.7 Å². The van der Waals surface area contributed by atoms with Crippen molar-refractivity contribution in [1.82, 2.24) is 4.98 Å². The Bertz CT molecular complexity index is 334. The largest absolute Gasteiger partial charge is 0.248 e. The number of pyridine rings is 1. The van der Waals surface area contributed by atoms with E-state index in [1.807, 2.05) is 33.9 Å². The van der Waals surface area contributed by atoms with Crippen LogP contribution in [-0.2, 0) is 0 Å². The van der Waals surface area contributed by atoms with Crippen molar-refractivity contribution in [3.8, 4) is 0 Å². The molecule has 0 N–H and O–H groups in total. The Morgan fingerprint density at radius 2 is 1.74 bits per heavy atom. The lowest BCUT2D eigenvalue weighted by Gasteiger charge is -2.03. The topological polar surface area (TPSA) is 12.9 Å². The van der Waals surface area contributed by atoms with Crippen molar-refractivity contribution in [2.45, 2.75) is 63.3 Å². The Balaban J connectivity index is 1.90. The molecular weight excluding hydrogens is 385 g/mol. The van der Waals surface area contributed by atoms with Gasteiger partial charge < -0.3 is 0 Å². The maximum atomic E-state index is 4.39. The molecule has 1 aromatic rings. The van der Waals surface area contributed by atoms with Crippen LogP contribution in [0.15, 0.2) is 23.4 Å². The molecule has 108 valence electrons. The maximum Gasteiger partial charge on any atom is 0.120 e. The van der Waals surface area contributed by atoms with E-state index in [2.05, 4.69) is 40.6 Å². The maximum absolute atomic E-state index is 4.39. The Hall–Kier alpha value is 0.580. The first-order valence-corrected chi connectivity index (χ1v) is 10.6. The predicted molar refractivity (Wildman–Crippen MR) is 97.9 cm³/mol. The number of unbranched alkanes of at least 4 members (excludes halogenated alkanes) is 7. The number of nitrogens with zero attached hydrogens (tertiary/aromatic N) is 1. The predicted octanol–water partition coefficient (Wildman–Crippen LogP) is 6.57. The molecule has 1 aromatic heterocycles. The third kappa shape index (κ3) is 9.19. The molecule has 4 heteroatoms.